The number of carbonyl (C=O) groups excluding carboxylic acids is 3. The quantitative estimate of drug-likeness (QED) is 0.203. The summed E-state index contributed by atoms with van der Waals surface area (Å²) >= 11 is 0. The Morgan fingerprint density at radius 2 is 1.54 bits per heavy atom. The molecule has 2 rings (SSSR count). The van der Waals surface area contributed by atoms with Crippen LogP contribution in [-0.4, -0.2) is 69.2 Å². The van der Waals surface area contributed by atoms with Crippen LogP contribution in [0.2, 0.25) is 0 Å². The van der Waals surface area contributed by atoms with Gasteiger partial charge < -0.3 is 36.9 Å². The van der Waals surface area contributed by atoms with Gasteiger partial charge in [-0.15, -0.1) is 0 Å². The molecule has 0 saturated carbocycles. The molecule has 6 atom stereocenters. The first-order valence-electron chi connectivity index (χ1n) is 12.5. The third-order valence-corrected chi connectivity index (χ3v) is 6.58. The fourth-order valence-corrected chi connectivity index (χ4v) is 3.93. The van der Waals surface area contributed by atoms with Gasteiger partial charge in [-0.3, -0.25) is 14.4 Å². The second kappa shape index (κ2) is 13.2. The summed E-state index contributed by atoms with van der Waals surface area (Å²) in [6.45, 7) is 8.43. The van der Waals surface area contributed by atoms with Crippen molar-refractivity contribution in [2.24, 2.45) is 17.6 Å². The molecular formula is C26H39N5O6. The van der Waals surface area contributed by atoms with Crippen LogP contribution in [0.15, 0.2) is 30.5 Å². The molecule has 0 fully saturated rings. The molecule has 1 aromatic carbocycles. The van der Waals surface area contributed by atoms with E-state index in [2.05, 4.69) is 20.9 Å². The van der Waals surface area contributed by atoms with Crippen molar-refractivity contribution in [3.05, 3.63) is 36.0 Å². The SMILES string of the molecule is CCC(C)C(NC(=O)C(N)C(C)O)C(=O)NC(C(=O)NC(Cc1c[nH]c2ccccc12)C(=O)O)C(C)C. The fraction of sp³-hybridized carbons (Fsp3) is 0.538. The van der Waals surface area contributed by atoms with Crippen molar-refractivity contribution < 1.29 is 29.4 Å². The highest BCUT2D eigenvalue weighted by Gasteiger charge is 2.34. The average molecular weight is 518 g/mol. The van der Waals surface area contributed by atoms with E-state index in [0.717, 1.165) is 16.5 Å². The molecule has 2 aromatic rings. The predicted molar refractivity (Wildman–Crippen MR) is 139 cm³/mol. The van der Waals surface area contributed by atoms with E-state index in [1.807, 2.05) is 31.2 Å². The highest BCUT2D eigenvalue weighted by atomic mass is 16.4. The summed E-state index contributed by atoms with van der Waals surface area (Å²) in [5, 5.41) is 28.1. The lowest BCUT2D eigenvalue weighted by Gasteiger charge is -2.29. The van der Waals surface area contributed by atoms with Crippen molar-refractivity contribution >= 4 is 34.6 Å². The van der Waals surface area contributed by atoms with E-state index in [1.54, 1.807) is 27.0 Å². The van der Waals surface area contributed by atoms with E-state index in [-0.39, 0.29) is 18.3 Å². The summed E-state index contributed by atoms with van der Waals surface area (Å²) in [5.41, 5.74) is 7.30. The van der Waals surface area contributed by atoms with Crippen LogP contribution in [0.5, 0.6) is 0 Å². The molecule has 0 radical (unpaired) electrons. The minimum absolute atomic E-state index is 0.0482. The van der Waals surface area contributed by atoms with Gasteiger partial charge >= 0.3 is 5.97 Å². The van der Waals surface area contributed by atoms with E-state index in [0.29, 0.717) is 6.42 Å². The monoisotopic (exact) mass is 517 g/mol. The molecule has 0 bridgehead atoms. The number of aromatic amines is 1. The largest absolute Gasteiger partial charge is 0.480 e. The Labute approximate surface area is 216 Å². The molecule has 8 N–H and O–H groups in total. The Morgan fingerprint density at radius 3 is 2.11 bits per heavy atom. The van der Waals surface area contributed by atoms with Gasteiger partial charge in [0.15, 0.2) is 0 Å². The zero-order valence-corrected chi connectivity index (χ0v) is 21.9. The number of benzene rings is 1. The van der Waals surface area contributed by atoms with Gasteiger partial charge in [0.1, 0.15) is 24.2 Å². The third kappa shape index (κ3) is 7.77. The highest BCUT2D eigenvalue weighted by Crippen LogP contribution is 2.19. The minimum atomic E-state index is -1.22. The van der Waals surface area contributed by atoms with Crippen molar-refractivity contribution in [2.45, 2.75) is 77.7 Å². The van der Waals surface area contributed by atoms with Gasteiger partial charge in [-0.1, -0.05) is 52.3 Å². The van der Waals surface area contributed by atoms with Crippen molar-refractivity contribution in [3.8, 4) is 0 Å². The number of para-hydroxylation sites is 1. The fourth-order valence-electron chi connectivity index (χ4n) is 3.93. The number of hydrogen-bond donors (Lipinski definition) is 7. The number of nitrogens with two attached hydrogens (primary N) is 1. The number of hydrogen-bond acceptors (Lipinski definition) is 6. The standard InChI is InChI=1S/C26H39N5O6/c1-6-14(4)22(31-23(33)20(27)15(5)32)25(35)30-21(13(2)3)24(34)29-19(26(36)37)11-16-12-28-18-10-8-7-9-17(16)18/h7-10,12-15,19-22,28,32H,6,11,27H2,1-5H3,(H,29,34)(H,30,35)(H,31,33)(H,36,37). The van der Waals surface area contributed by atoms with Crippen LogP contribution in [0.1, 0.15) is 46.6 Å². The van der Waals surface area contributed by atoms with E-state index < -0.39 is 54.0 Å². The lowest BCUT2D eigenvalue weighted by atomic mass is 9.95. The van der Waals surface area contributed by atoms with Crippen molar-refractivity contribution in [2.75, 3.05) is 0 Å². The Hall–Kier alpha value is -3.44. The number of rotatable bonds is 13. The first kappa shape index (κ1) is 29.8. The van der Waals surface area contributed by atoms with Crippen LogP contribution in [0.25, 0.3) is 10.9 Å². The lowest BCUT2D eigenvalue weighted by Crippen LogP contribution is -2.60. The minimum Gasteiger partial charge on any atom is -0.480 e. The van der Waals surface area contributed by atoms with Crippen molar-refractivity contribution in [1.82, 2.24) is 20.9 Å². The molecule has 6 unspecified atom stereocenters. The van der Waals surface area contributed by atoms with Crippen molar-refractivity contribution in [1.29, 1.82) is 0 Å². The number of H-pyrrole nitrogens is 1. The van der Waals surface area contributed by atoms with E-state index in [9.17, 15) is 29.4 Å². The molecule has 0 aliphatic rings. The smallest absolute Gasteiger partial charge is 0.326 e. The topological polar surface area (TPSA) is 187 Å². The number of carboxylic acids is 1. The number of aromatic nitrogens is 1. The molecule has 1 aromatic heterocycles. The second-order valence-corrected chi connectivity index (χ2v) is 9.83. The first-order valence-corrected chi connectivity index (χ1v) is 12.5. The molecule has 1 heterocycles. The molecule has 0 aliphatic carbocycles. The Kier molecular flexibility index (Phi) is 10.6. The van der Waals surface area contributed by atoms with Crippen LogP contribution >= 0.6 is 0 Å². The van der Waals surface area contributed by atoms with Gasteiger partial charge in [-0.25, -0.2) is 4.79 Å². The highest BCUT2D eigenvalue weighted by molar-refractivity contribution is 5.94. The molecule has 0 aliphatic heterocycles. The van der Waals surface area contributed by atoms with Crippen LogP contribution in [0, 0.1) is 11.8 Å². The number of carboxylic acid groups (broad SMARTS) is 1. The number of carbonyl (C=O) groups is 4. The summed E-state index contributed by atoms with van der Waals surface area (Å²) in [4.78, 5) is 53.9. The molecule has 204 valence electrons. The summed E-state index contributed by atoms with van der Waals surface area (Å²) in [7, 11) is 0. The zero-order valence-electron chi connectivity index (χ0n) is 21.9. The van der Waals surface area contributed by atoms with Crippen LogP contribution in [0.4, 0.5) is 0 Å². The summed E-state index contributed by atoms with van der Waals surface area (Å²) in [6, 6.07) is 2.96. The molecule has 3 amide bonds. The van der Waals surface area contributed by atoms with Gasteiger partial charge in [-0.2, -0.15) is 0 Å². The maximum Gasteiger partial charge on any atom is 0.326 e. The zero-order chi connectivity index (χ0) is 27.9. The number of fused-ring (bicyclic) bond motifs is 1. The van der Waals surface area contributed by atoms with Crippen LogP contribution < -0.4 is 21.7 Å². The number of aliphatic hydroxyl groups excluding tert-OH is 1. The van der Waals surface area contributed by atoms with E-state index in [4.69, 9.17) is 5.73 Å². The summed E-state index contributed by atoms with van der Waals surface area (Å²) in [5.74, 6) is -3.81. The Balaban J connectivity index is 2.18. The molecule has 0 saturated heterocycles. The van der Waals surface area contributed by atoms with Gasteiger partial charge in [0.2, 0.25) is 17.7 Å². The molecule has 0 spiro atoms. The second-order valence-electron chi connectivity index (χ2n) is 9.83. The van der Waals surface area contributed by atoms with E-state index >= 15 is 0 Å². The summed E-state index contributed by atoms with van der Waals surface area (Å²) in [6.07, 6.45) is 1.20. The molecule has 11 heteroatoms. The van der Waals surface area contributed by atoms with Crippen LogP contribution in [-0.2, 0) is 25.6 Å². The normalized spacial score (nSPS) is 16.3. The third-order valence-electron chi connectivity index (χ3n) is 6.58. The maximum atomic E-state index is 13.2. The van der Waals surface area contributed by atoms with Crippen molar-refractivity contribution in [3.63, 3.8) is 0 Å². The Bertz CT molecular complexity index is 1100. The molecule has 37 heavy (non-hydrogen) atoms. The molecule has 11 nitrogen and oxygen atoms in total. The van der Waals surface area contributed by atoms with Crippen LogP contribution in [0.3, 0.4) is 0 Å². The Morgan fingerprint density at radius 1 is 0.946 bits per heavy atom. The van der Waals surface area contributed by atoms with Gasteiger partial charge in [-0.05, 0) is 30.4 Å². The number of aliphatic carboxylic acids is 1. The number of amides is 3. The maximum absolute atomic E-state index is 13.2. The lowest BCUT2D eigenvalue weighted by molar-refractivity contribution is -0.142. The van der Waals surface area contributed by atoms with Gasteiger partial charge in [0.05, 0.1) is 6.10 Å². The number of nitrogens with one attached hydrogen (secondary N) is 4. The predicted octanol–water partition coefficient (Wildman–Crippen LogP) is 0.660. The van der Waals surface area contributed by atoms with E-state index in [1.165, 1.54) is 6.92 Å². The van der Waals surface area contributed by atoms with Gasteiger partial charge in [0.25, 0.3) is 0 Å². The first-order chi connectivity index (χ1) is 17.4. The number of aliphatic hydroxyl groups is 1. The average Bonchev–Trinajstić information content (AvgIpc) is 3.26. The van der Waals surface area contributed by atoms with Gasteiger partial charge in [0, 0.05) is 23.5 Å². The summed E-state index contributed by atoms with van der Waals surface area (Å²) < 4.78 is 0. The molecular weight excluding hydrogens is 478 g/mol.